The molecule has 0 aromatic carbocycles. The molecule has 17 heavy (non-hydrogen) atoms. The molecule has 2 N–H and O–H groups in total. The van der Waals surface area contributed by atoms with Gasteiger partial charge >= 0.3 is 0 Å². The second kappa shape index (κ2) is 6.30. The number of hydrogen-bond acceptors (Lipinski definition) is 4. The van der Waals surface area contributed by atoms with Crippen molar-refractivity contribution in [2.45, 2.75) is 18.2 Å². The molecular weight excluding hydrogens is 262 g/mol. The Morgan fingerprint density at radius 3 is 2.88 bits per heavy atom. The van der Waals surface area contributed by atoms with Crippen LogP contribution in [-0.4, -0.2) is 32.5 Å². The van der Waals surface area contributed by atoms with Gasteiger partial charge in [-0.15, -0.1) is 12.4 Å². The lowest BCUT2D eigenvalue weighted by atomic mass is 10.3. The molecule has 1 saturated heterocycles. The van der Waals surface area contributed by atoms with E-state index in [1.807, 2.05) is 0 Å². The van der Waals surface area contributed by atoms with Crippen molar-refractivity contribution in [3.8, 4) is 0 Å². The molecule has 0 amide bonds. The zero-order valence-corrected chi connectivity index (χ0v) is 10.9. The molecule has 0 radical (unpaired) electrons. The van der Waals surface area contributed by atoms with Crippen molar-refractivity contribution in [3.63, 3.8) is 0 Å². The molecule has 1 fully saturated rings. The van der Waals surface area contributed by atoms with Gasteiger partial charge in [0.05, 0.1) is 5.69 Å². The highest BCUT2D eigenvalue weighted by molar-refractivity contribution is 7.88. The molecule has 1 aliphatic heterocycles. The van der Waals surface area contributed by atoms with Gasteiger partial charge in [-0.3, -0.25) is 4.98 Å². The fraction of sp³-hybridized carbons (Fsp3) is 0.500. The Morgan fingerprint density at radius 1 is 1.47 bits per heavy atom. The number of nitrogens with one attached hydrogen (secondary N) is 2. The first-order chi connectivity index (χ1) is 7.66. The number of hydrogen-bond donors (Lipinski definition) is 2. The first kappa shape index (κ1) is 14.4. The van der Waals surface area contributed by atoms with E-state index in [2.05, 4.69) is 15.0 Å². The maximum atomic E-state index is 11.8. The van der Waals surface area contributed by atoms with Gasteiger partial charge in [-0.05, 0) is 25.1 Å². The van der Waals surface area contributed by atoms with Gasteiger partial charge in [0.1, 0.15) is 5.75 Å². The van der Waals surface area contributed by atoms with Crippen LogP contribution in [-0.2, 0) is 15.8 Å². The first-order valence-electron chi connectivity index (χ1n) is 5.26. The molecule has 1 aliphatic rings. The highest BCUT2D eigenvalue weighted by atomic mass is 35.5. The minimum absolute atomic E-state index is 0. The van der Waals surface area contributed by atoms with Crippen LogP contribution in [0.3, 0.4) is 0 Å². The van der Waals surface area contributed by atoms with Crippen LogP contribution in [0.2, 0.25) is 0 Å². The minimum atomic E-state index is -3.27. The normalized spacial score (nSPS) is 19.9. The maximum absolute atomic E-state index is 11.8. The van der Waals surface area contributed by atoms with E-state index in [0.29, 0.717) is 12.2 Å². The molecule has 1 atom stereocenters. The molecule has 2 rings (SSSR count). The molecule has 2 heterocycles. The number of sulfonamides is 1. The first-order valence-corrected chi connectivity index (χ1v) is 6.91. The lowest BCUT2D eigenvalue weighted by Gasteiger charge is -2.11. The minimum Gasteiger partial charge on any atom is -0.315 e. The summed E-state index contributed by atoms with van der Waals surface area (Å²) in [5, 5.41) is 3.12. The van der Waals surface area contributed by atoms with E-state index < -0.39 is 10.0 Å². The summed E-state index contributed by atoms with van der Waals surface area (Å²) >= 11 is 0. The summed E-state index contributed by atoms with van der Waals surface area (Å²) in [5.74, 6) is -0.0513. The Balaban J connectivity index is 0.00000144. The van der Waals surface area contributed by atoms with Gasteiger partial charge in [-0.2, -0.15) is 0 Å². The van der Waals surface area contributed by atoms with Crippen molar-refractivity contribution in [2.75, 3.05) is 13.1 Å². The van der Waals surface area contributed by atoms with Crippen LogP contribution in [0.5, 0.6) is 0 Å². The standard InChI is InChI=1S/C10H15N3O2S.ClH/c14-16(15,13-9-4-6-11-7-9)8-10-3-1-2-5-12-10;/h1-3,5,9,11,13H,4,6-8H2;1H/t9-;/m0./s1. The summed E-state index contributed by atoms with van der Waals surface area (Å²) in [5.41, 5.74) is 0.570. The third-order valence-corrected chi connectivity index (χ3v) is 3.84. The predicted octanol–water partition coefficient (Wildman–Crippen LogP) is 0.285. The van der Waals surface area contributed by atoms with E-state index in [-0.39, 0.29) is 24.2 Å². The second-order valence-electron chi connectivity index (χ2n) is 3.89. The zero-order valence-electron chi connectivity index (χ0n) is 9.30. The van der Waals surface area contributed by atoms with Crippen LogP contribution in [0.15, 0.2) is 24.4 Å². The summed E-state index contributed by atoms with van der Waals surface area (Å²) in [7, 11) is -3.27. The maximum Gasteiger partial charge on any atom is 0.217 e. The van der Waals surface area contributed by atoms with E-state index in [1.165, 1.54) is 0 Å². The van der Waals surface area contributed by atoms with E-state index in [1.54, 1.807) is 24.4 Å². The van der Waals surface area contributed by atoms with Crippen LogP contribution >= 0.6 is 12.4 Å². The van der Waals surface area contributed by atoms with E-state index >= 15 is 0 Å². The van der Waals surface area contributed by atoms with Gasteiger partial charge in [-0.25, -0.2) is 13.1 Å². The number of pyridine rings is 1. The van der Waals surface area contributed by atoms with Crippen molar-refractivity contribution >= 4 is 22.4 Å². The molecule has 0 saturated carbocycles. The smallest absolute Gasteiger partial charge is 0.217 e. The van der Waals surface area contributed by atoms with Crippen molar-refractivity contribution < 1.29 is 8.42 Å². The van der Waals surface area contributed by atoms with Crippen LogP contribution in [0, 0.1) is 0 Å². The van der Waals surface area contributed by atoms with Crippen LogP contribution in [0.1, 0.15) is 12.1 Å². The second-order valence-corrected chi connectivity index (χ2v) is 5.64. The highest BCUT2D eigenvalue weighted by Crippen LogP contribution is 2.04. The van der Waals surface area contributed by atoms with Gasteiger partial charge in [0.15, 0.2) is 0 Å². The topological polar surface area (TPSA) is 71.1 Å². The monoisotopic (exact) mass is 277 g/mol. The van der Waals surface area contributed by atoms with Crippen molar-refractivity contribution in [1.82, 2.24) is 15.0 Å². The van der Waals surface area contributed by atoms with Crippen LogP contribution < -0.4 is 10.0 Å². The number of aromatic nitrogens is 1. The number of nitrogens with zero attached hydrogens (tertiary/aromatic N) is 1. The summed E-state index contributed by atoms with van der Waals surface area (Å²) in [6.07, 6.45) is 2.45. The van der Waals surface area contributed by atoms with Crippen LogP contribution in [0.25, 0.3) is 0 Å². The predicted molar refractivity (Wildman–Crippen MR) is 68.5 cm³/mol. The fourth-order valence-electron chi connectivity index (χ4n) is 1.73. The third-order valence-electron chi connectivity index (χ3n) is 2.47. The molecule has 0 aliphatic carbocycles. The Morgan fingerprint density at radius 2 is 2.29 bits per heavy atom. The van der Waals surface area contributed by atoms with E-state index in [0.717, 1.165) is 13.0 Å². The van der Waals surface area contributed by atoms with E-state index in [4.69, 9.17) is 0 Å². The SMILES string of the molecule is Cl.O=S(=O)(Cc1ccccn1)N[C@H]1CCNC1. The molecule has 1 aromatic rings. The quantitative estimate of drug-likeness (QED) is 0.830. The third kappa shape index (κ3) is 4.59. The average molecular weight is 278 g/mol. The largest absolute Gasteiger partial charge is 0.315 e. The Hall–Kier alpha value is -0.690. The average Bonchev–Trinajstić information content (AvgIpc) is 2.70. The summed E-state index contributed by atoms with van der Waals surface area (Å²) in [4.78, 5) is 4.00. The van der Waals surface area contributed by atoms with E-state index in [9.17, 15) is 8.42 Å². The Labute approximate surface area is 107 Å². The Bertz CT molecular complexity index is 432. The number of halogens is 1. The lowest BCUT2D eigenvalue weighted by Crippen LogP contribution is -2.37. The zero-order chi connectivity index (χ0) is 11.4. The molecule has 0 spiro atoms. The molecule has 5 nitrogen and oxygen atoms in total. The fourth-order valence-corrected chi connectivity index (χ4v) is 3.08. The Kier molecular flexibility index (Phi) is 5.32. The van der Waals surface area contributed by atoms with Crippen molar-refractivity contribution in [3.05, 3.63) is 30.1 Å². The summed E-state index contributed by atoms with van der Waals surface area (Å²) in [6.45, 7) is 1.58. The molecule has 0 unspecified atom stereocenters. The lowest BCUT2D eigenvalue weighted by molar-refractivity contribution is 0.558. The van der Waals surface area contributed by atoms with Gasteiger partial charge in [0.2, 0.25) is 10.0 Å². The van der Waals surface area contributed by atoms with Crippen LogP contribution in [0.4, 0.5) is 0 Å². The van der Waals surface area contributed by atoms with Crippen molar-refractivity contribution in [2.24, 2.45) is 0 Å². The van der Waals surface area contributed by atoms with Crippen molar-refractivity contribution in [1.29, 1.82) is 0 Å². The molecular formula is C10H16ClN3O2S. The van der Waals surface area contributed by atoms with Gasteiger partial charge in [0.25, 0.3) is 0 Å². The van der Waals surface area contributed by atoms with Gasteiger partial charge in [-0.1, -0.05) is 6.07 Å². The highest BCUT2D eigenvalue weighted by Gasteiger charge is 2.21. The molecule has 7 heteroatoms. The summed E-state index contributed by atoms with van der Waals surface area (Å²) in [6, 6.07) is 5.29. The van der Waals surface area contributed by atoms with Gasteiger partial charge < -0.3 is 5.32 Å². The molecule has 1 aromatic heterocycles. The molecule has 96 valence electrons. The number of rotatable bonds is 4. The van der Waals surface area contributed by atoms with Gasteiger partial charge in [0, 0.05) is 18.8 Å². The molecule has 0 bridgehead atoms. The summed E-state index contributed by atoms with van der Waals surface area (Å²) < 4.78 is 26.2.